The molecular weight excluding hydrogens is 392 g/mol. The Morgan fingerprint density at radius 1 is 1.30 bits per heavy atom. The third-order valence-electron chi connectivity index (χ3n) is 4.17. The molecule has 0 bridgehead atoms. The van der Waals surface area contributed by atoms with Gasteiger partial charge in [-0.15, -0.1) is 11.3 Å². The van der Waals surface area contributed by atoms with Crippen LogP contribution in [0.4, 0.5) is 0 Å². The van der Waals surface area contributed by atoms with Gasteiger partial charge in [0.25, 0.3) is 11.5 Å². The molecule has 9 heteroatoms. The van der Waals surface area contributed by atoms with Crippen molar-refractivity contribution in [3.05, 3.63) is 50.8 Å². The molecule has 1 aromatic carbocycles. The topological polar surface area (TPSA) is 109 Å². The van der Waals surface area contributed by atoms with Crippen LogP contribution in [0.25, 0.3) is 20.7 Å². The summed E-state index contributed by atoms with van der Waals surface area (Å²) in [6.07, 6.45) is 0. The first kappa shape index (κ1) is 18.9. The number of carbonyl (C=O) groups is 2. The maximum absolute atomic E-state index is 12.6. The number of aromatic hydroxyl groups is 1. The molecule has 3 rings (SSSR count). The van der Waals surface area contributed by atoms with Gasteiger partial charge in [-0.3, -0.25) is 14.4 Å². The summed E-state index contributed by atoms with van der Waals surface area (Å²) >= 11 is 7.48. The number of carboxylic acid groups (broad SMARTS) is 1. The second kappa shape index (κ2) is 7.05. The summed E-state index contributed by atoms with van der Waals surface area (Å²) in [5, 5.41) is 21.9. The third kappa shape index (κ3) is 3.17. The van der Waals surface area contributed by atoms with E-state index in [4.69, 9.17) is 16.7 Å². The predicted octanol–water partition coefficient (Wildman–Crippen LogP) is 2.75. The highest BCUT2D eigenvalue weighted by Gasteiger charge is 2.25. The number of aryl methyl sites for hydroxylation is 2. The molecule has 0 saturated carbocycles. The van der Waals surface area contributed by atoms with Gasteiger partial charge in [-0.25, -0.2) is 0 Å². The smallest absolute Gasteiger partial charge is 0.322 e. The Morgan fingerprint density at radius 3 is 2.59 bits per heavy atom. The summed E-state index contributed by atoms with van der Waals surface area (Å²) in [6, 6.07) is 7.20. The highest BCUT2D eigenvalue weighted by molar-refractivity contribution is 7.23. The van der Waals surface area contributed by atoms with Crippen LogP contribution in [-0.2, 0) is 11.8 Å². The maximum atomic E-state index is 12.6. The van der Waals surface area contributed by atoms with Crippen LogP contribution in [0.1, 0.15) is 15.9 Å². The molecule has 0 aliphatic heterocycles. The van der Waals surface area contributed by atoms with Crippen LogP contribution >= 0.6 is 22.9 Å². The quantitative estimate of drug-likeness (QED) is 0.617. The number of fused-ring (bicyclic) bond motifs is 1. The van der Waals surface area contributed by atoms with E-state index in [9.17, 15) is 19.5 Å². The zero-order valence-corrected chi connectivity index (χ0v) is 15.9. The normalized spacial score (nSPS) is 10.9. The Hall–Kier alpha value is -2.84. The fourth-order valence-electron chi connectivity index (χ4n) is 2.90. The molecular formula is C18H15ClN2O5S. The summed E-state index contributed by atoms with van der Waals surface area (Å²) in [7, 11) is 1.49. The molecule has 140 valence electrons. The summed E-state index contributed by atoms with van der Waals surface area (Å²) in [5.41, 5.74) is 0.789. The van der Waals surface area contributed by atoms with Gasteiger partial charge in [-0.1, -0.05) is 29.8 Å². The zero-order chi connectivity index (χ0) is 19.9. The van der Waals surface area contributed by atoms with Crippen molar-refractivity contribution in [3.8, 4) is 16.2 Å². The van der Waals surface area contributed by atoms with E-state index in [1.807, 2.05) is 12.1 Å². The van der Waals surface area contributed by atoms with Gasteiger partial charge in [-0.05, 0) is 18.6 Å². The second-order valence-electron chi connectivity index (χ2n) is 5.88. The zero-order valence-electron chi connectivity index (χ0n) is 14.4. The van der Waals surface area contributed by atoms with Crippen molar-refractivity contribution in [1.29, 1.82) is 0 Å². The minimum absolute atomic E-state index is 0.352. The maximum Gasteiger partial charge on any atom is 0.322 e. The van der Waals surface area contributed by atoms with Gasteiger partial charge >= 0.3 is 5.97 Å². The number of carboxylic acids is 1. The Morgan fingerprint density at radius 2 is 1.96 bits per heavy atom. The number of nitrogens with one attached hydrogen (secondary N) is 1. The SMILES string of the molecule is Cc1c(-c2ccccc2Cl)sc2c(O)c(C(=O)NCC(=O)O)c(=O)n(C)c12. The Labute approximate surface area is 162 Å². The van der Waals surface area contributed by atoms with Gasteiger partial charge < -0.3 is 20.1 Å². The number of hydrogen-bond acceptors (Lipinski definition) is 5. The minimum Gasteiger partial charge on any atom is -0.505 e. The first-order chi connectivity index (χ1) is 12.7. The number of pyridine rings is 1. The Bertz CT molecular complexity index is 1150. The number of benzene rings is 1. The fourth-order valence-corrected chi connectivity index (χ4v) is 4.52. The lowest BCUT2D eigenvalue weighted by atomic mass is 10.1. The summed E-state index contributed by atoms with van der Waals surface area (Å²) < 4.78 is 1.63. The lowest BCUT2D eigenvalue weighted by Crippen LogP contribution is -2.35. The highest BCUT2D eigenvalue weighted by Crippen LogP contribution is 2.43. The third-order valence-corrected chi connectivity index (χ3v) is 5.82. The van der Waals surface area contributed by atoms with Crippen molar-refractivity contribution in [2.75, 3.05) is 6.54 Å². The number of rotatable bonds is 4. The molecule has 2 aromatic heterocycles. The van der Waals surface area contributed by atoms with E-state index >= 15 is 0 Å². The van der Waals surface area contributed by atoms with Crippen molar-refractivity contribution in [2.24, 2.45) is 7.05 Å². The molecule has 3 aromatic rings. The number of hydrogen-bond donors (Lipinski definition) is 3. The Balaban J connectivity index is 2.26. The summed E-state index contributed by atoms with van der Waals surface area (Å²) in [6.45, 7) is 1.15. The van der Waals surface area contributed by atoms with Gasteiger partial charge in [0.05, 0.1) is 10.2 Å². The largest absolute Gasteiger partial charge is 0.505 e. The van der Waals surface area contributed by atoms with Crippen LogP contribution in [0.5, 0.6) is 5.75 Å². The molecule has 0 atom stereocenters. The molecule has 0 fully saturated rings. The fraction of sp³-hybridized carbons (Fsp3) is 0.167. The number of amides is 1. The standard InChI is InChI=1S/C18H15ClN2O5S/c1-8-13-16(27-15(8)9-5-3-4-6-10(9)19)14(24)12(18(26)21(13)2)17(25)20-7-11(22)23/h3-6,24H,7H2,1-2H3,(H,20,25)(H,22,23). The monoisotopic (exact) mass is 406 g/mol. The van der Waals surface area contributed by atoms with Crippen molar-refractivity contribution in [2.45, 2.75) is 6.92 Å². The molecule has 0 spiro atoms. The molecule has 27 heavy (non-hydrogen) atoms. The van der Waals surface area contributed by atoms with Crippen molar-refractivity contribution in [3.63, 3.8) is 0 Å². The van der Waals surface area contributed by atoms with Crippen LogP contribution in [0.2, 0.25) is 5.02 Å². The van der Waals surface area contributed by atoms with Crippen LogP contribution in [-0.4, -0.2) is 33.2 Å². The van der Waals surface area contributed by atoms with Crippen LogP contribution in [0, 0.1) is 6.92 Å². The van der Waals surface area contributed by atoms with Crippen LogP contribution in [0.15, 0.2) is 29.1 Å². The van der Waals surface area contributed by atoms with E-state index in [0.29, 0.717) is 15.2 Å². The second-order valence-corrected chi connectivity index (χ2v) is 7.31. The first-order valence-corrected chi connectivity index (χ1v) is 9.03. The molecule has 7 nitrogen and oxygen atoms in total. The number of nitrogens with zero attached hydrogens (tertiary/aromatic N) is 1. The molecule has 0 radical (unpaired) electrons. The minimum atomic E-state index is -1.26. The lowest BCUT2D eigenvalue weighted by Gasteiger charge is -2.09. The van der Waals surface area contributed by atoms with Crippen molar-refractivity contribution >= 4 is 45.0 Å². The number of aromatic nitrogens is 1. The van der Waals surface area contributed by atoms with Gasteiger partial charge in [0.1, 0.15) is 12.1 Å². The number of aliphatic carboxylic acids is 1. The molecule has 0 saturated heterocycles. The summed E-state index contributed by atoms with van der Waals surface area (Å²) in [4.78, 5) is 36.3. The molecule has 0 aliphatic rings. The van der Waals surface area contributed by atoms with Crippen molar-refractivity contribution in [1.82, 2.24) is 9.88 Å². The van der Waals surface area contributed by atoms with E-state index in [2.05, 4.69) is 5.32 Å². The molecule has 0 unspecified atom stereocenters. The van der Waals surface area contributed by atoms with E-state index in [-0.39, 0.29) is 0 Å². The van der Waals surface area contributed by atoms with E-state index in [1.165, 1.54) is 23.0 Å². The predicted molar refractivity (Wildman–Crippen MR) is 104 cm³/mol. The first-order valence-electron chi connectivity index (χ1n) is 7.84. The Kier molecular flexibility index (Phi) is 4.95. The molecule has 1 amide bonds. The number of carbonyl (C=O) groups excluding carboxylic acids is 1. The van der Waals surface area contributed by atoms with Crippen LogP contribution in [0.3, 0.4) is 0 Å². The molecule has 3 N–H and O–H groups in total. The average molecular weight is 407 g/mol. The van der Waals surface area contributed by atoms with Gasteiger partial charge in [0.2, 0.25) is 0 Å². The van der Waals surface area contributed by atoms with E-state index in [1.54, 1.807) is 19.1 Å². The summed E-state index contributed by atoms with van der Waals surface area (Å²) in [5.74, 6) is -2.67. The molecule has 0 aliphatic carbocycles. The lowest BCUT2D eigenvalue weighted by molar-refractivity contribution is -0.135. The number of halogens is 1. The van der Waals surface area contributed by atoms with E-state index < -0.39 is 35.3 Å². The van der Waals surface area contributed by atoms with Gasteiger partial charge in [0.15, 0.2) is 5.75 Å². The number of thiophene rings is 1. The average Bonchev–Trinajstić information content (AvgIpc) is 2.96. The highest BCUT2D eigenvalue weighted by atomic mass is 35.5. The van der Waals surface area contributed by atoms with Gasteiger partial charge in [0, 0.05) is 22.5 Å². The van der Waals surface area contributed by atoms with Gasteiger partial charge in [-0.2, -0.15) is 0 Å². The van der Waals surface area contributed by atoms with Crippen LogP contribution < -0.4 is 10.9 Å². The molecule has 2 heterocycles. The van der Waals surface area contributed by atoms with Crippen molar-refractivity contribution < 1.29 is 19.8 Å². The van der Waals surface area contributed by atoms with E-state index in [0.717, 1.165) is 16.0 Å².